The second-order valence-electron chi connectivity index (χ2n) is 6.48. The van der Waals surface area contributed by atoms with Crippen molar-refractivity contribution in [2.45, 2.75) is 38.0 Å². The van der Waals surface area contributed by atoms with Gasteiger partial charge in [-0.15, -0.1) is 0 Å². The zero-order chi connectivity index (χ0) is 20.6. The Labute approximate surface area is 167 Å². The van der Waals surface area contributed by atoms with Gasteiger partial charge in [-0.3, -0.25) is 4.79 Å². The average molecular weight is 405 g/mol. The maximum atomic E-state index is 13.0. The Morgan fingerprint density at radius 2 is 1.71 bits per heavy atom. The van der Waals surface area contributed by atoms with Crippen molar-refractivity contribution in [3.8, 4) is 5.75 Å². The summed E-state index contributed by atoms with van der Waals surface area (Å²) in [7, 11) is -2.24. The Hall–Kier alpha value is -2.38. The number of para-hydroxylation sites is 2. The summed E-state index contributed by atoms with van der Waals surface area (Å²) in [6, 6.07) is 13.9. The molecule has 1 amide bonds. The van der Waals surface area contributed by atoms with Crippen LogP contribution in [0.2, 0.25) is 0 Å². The minimum Gasteiger partial charge on any atom is -0.495 e. The van der Waals surface area contributed by atoms with Crippen LogP contribution in [0, 0.1) is 0 Å². The van der Waals surface area contributed by atoms with E-state index < -0.39 is 15.9 Å². The van der Waals surface area contributed by atoms with Crippen LogP contribution < -0.4 is 10.1 Å². The molecule has 0 radical (unpaired) electrons. The van der Waals surface area contributed by atoms with Crippen LogP contribution in [0.4, 0.5) is 5.69 Å². The van der Waals surface area contributed by atoms with E-state index in [9.17, 15) is 13.2 Å². The molecule has 0 aromatic heterocycles. The van der Waals surface area contributed by atoms with Gasteiger partial charge in [0.15, 0.2) is 0 Å². The first-order chi connectivity index (χ1) is 13.4. The third-order valence-electron chi connectivity index (χ3n) is 4.27. The second kappa shape index (κ2) is 10.2. The summed E-state index contributed by atoms with van der Waals surface area (Å²) < 4.78 is 32.5. The average Bonchev–Trinajstić information content (AvgIpc) is 2.68. The lowest BCUT2D eigenvalue weighted by molar-refractivity contribution is -0.116. The molecule has 0 saturated carbocycles. The molecule has 0 spiro atoms. The van der Waals surface area contributed by atoms with Crippen LogP contribution in [0.3, 0.4) is 0 Å². The molecule has 2 aromatic rings. The predicted molar refractivity (Wildman–Crippen MR) is 111 cm³/mol. The summed E-state index contributed by atoms with van der Waals surface area (Å²) in [5.74, 6) is 0.108. The number of hydrogen-bond donors (Lipinski definition) is 1. The van der Waals surface area contributed by atoms with E-state index in [0.717, 1.165) is 18.4 Å². The highest BCUT2D eigenvalue weighted by Crippen LogP contribution is 2.23. The molecule has 1 N–H and O–H groups in total. The van der Waals surface area contributed by atoms with Crippen molar-refractivity contribution in [2.75, 3.05) is 25.5 Å². The number of ether oxygens (including phenoxy) is 1. The molecule has 0 heterocycles. The summed E-state index contributed by atoms with van der Waals surface area (Å²) in [5, 5.41) is 2.73. The van der Waals surface area contributed by atoms with E-state index in [4.69, 9.17) is 4.74 Å². The Morgan fingerprint density at radius 1 is 1.04 bits per heavy atom. The van der Waals surface area contributed by atoms with Crippen LogP contribution in [0.5, 0.6) is 5.75 Å². The quantitative estimate of drug-likeness (QED) is 0.655. The number of carbonyl (C=O) groups is 1. The lowest BCUT2D eigenvalue weighted by Gasteiger charge is -2.21. The van der Waals surface area contributed by atoms with E-state index >= 15 is 0 Å². The fraction of sp³-hybridized carbons (Fsp3) is 0.381. The highest BCUT2D eigenvalue weighted by Gasteiger charge is 2.26. The van der Waals surface area contributed by atoms with E-state index in [1.165, 1.54) is 11.4 Å². The molecule has 2 rings (SSSR count). The number of anilines is 1. The highest BCUT2D eigenvalue weighted by atomic mass is 32.2. The SMILES string of the molecule is CCCc1ccc(S(=O)(=O)N(CCC)CC(=O)Nc2ccccc2OC)cc1. The monoisotopic (exact) mass is 404 g/mol. The van der Waals surface area contributed by atoms with Crippen molar-refractivity contribution in [1.82, 2.24) is 4.31 Å². The number of benzene rings is 2. The van der Waals surface area contributed by atoms with Crippen LogP contribution in [0.1, 0.15) is 32.3 Å². The zero-order valence-electron chi connectivity index (χ0n) is 16.6. The molecule has 0 fully saturated rings. The number of amides is 1. The molecule has 0 atom stereocenters. The van der Waals surface area contributed by atoms with Crippen LogP contribution in [-0.4, -0.2) is 38.8 Å². The summed E-state index contributed by atoms with van der Waals surface area (Å²) in [4.78, 5) is 12.7. The first-order valence-corrected chi connectivity index (χ1v) is 10.9. The van der Waals surface area contributed by atoms with Gasteiger partial charge in [0, 0.05) is 6.54 Å². The third kappa shape index (κ3) is 5.56. The topological polar surface area (TPSA) is 75.7 Å². The predicted octanol–water partition coefficient (Wildman–Crippen LogP) is 3.69. The first kappa shape index (κ1) is 21.9. The fourth-order valence-corrected chi connectivity index (χ4v) is 4.39. The molecule has 0 saturated heterocycles. The second-order valence-corrected chi connectivity index (χ2v) is 8.42. The molecular weight excluding hydrogens is 376 g/mol. The molecule has 0 aliphatic heterocycles. The van der Waals surface area contributed by atoms with Crippen LogP contribution in [0.15, 0.2) is 53.4 Å². The van der Waals surface area contributed by atoms with E-state index in [1.54, 1.807) is 36.4 Å². The van der Waals surface area contributed by atoms with Crippen molar-refractivity contribution < 1.29 is 17.9 Å². The molecule has 2 aromatic carbocycles. The molecule has 152 valence electrons. The van der Waals surface area contributed by atoms with Crippen LogP contribution >= 0.6 is 0 Å². The third-order valence-corrected chi connectivity index (χ3v) is 6.13. The van der Waals surface area contributed by atoms with Gasteiger partial charge < -0.3 is 10.1 Å². The smallest absolute Gasteiger partial charge is 0.243 e. The van der Waals surface area contributed by atoms with Crippen molar-refractivity contribution in [2.24, 2.45) is 0 Å². The Bertz CT molecular complexity index is 880. The number of carbonyl (C=O) groups excluding carboxylic acids is 1. The van der Waals surface area contributed by atoms with Gasteiger partial charge in [0.1, 0.15) is 5.75 Å². The summed E-state index contributed by atoms with van der Waals surface area (Å²) >= 11 is 0. The van der Waals surface area contributed by atoms with Gasteiger partial charge >= 0.3 is 0 Å². The molecule has 0 aliphatic carbocycles. The molecule has 0 bridgehead atoms. The largest absolute Gasteiger partial charge is 0.495 e. The van der Waals surface area contributed by atoms with Crippen LogP contribution in [-0.2, 0) is 21.2 Å². The molecule has 6 nitrogen and oxygen atoms in total. The van der Waals surface area contributed by atoms with E-state index in [1.807, 2.05) is 19.1 Å². The first-order valence-electron chi connectivity index (χ1n) is 9.44. The minimum atomic E-state index is -3.76. The van der Waals surface area contributed by atoms with Crippen molar-refractivity contribution in [3.63, 3.8) is 0 Å². The maximum absolute atomic E-state index is 13.0. The van der Waals surface area contributed by atoms with Gasteiger partial charge in [-0.2, -0.15) is 4.31 Å². The van der Waals surface area contributed by atoms with Gasteiger partial charge in [-0.1, -0.05) is 44.5 Å². The van der Waals surface area contributed by atoms with Crippen LogP contribution in [0.25, 0.3) is 0 Å². The van der Waals surface area contributed by atoms with Crippen molar-refractivity contribution >= 4 is 21.6 Å². The number of nitrogens with zero attached hydrogens (tertiary/aromatic N) is 1. The molecule has 0 unspecified atom stereocenters. The van der Waals surface area contributed by atoms with Gasteiger partial charge in [-0.25, -0.2) is 8.42 Å². The Morgan fingerprint density at radius 3 is 2.32 bits per heavy atom. The molecule has 28 heavy (non-hydrogen) atoms. The number of rotatable bonds is 10. The standard InChI is InChI=1S/C21H28N2O4S/c1-4-8-17-11-13-18(14-12-17)28(25,26)23(15-5-2)16-21(24)22-19-9-6-7-10-20(19)27-3/h6-7,9-14H,4-5,8,15-16H2,1-3H3,(H,22,24). The Kier molecular flexibility index (Phi) is 8.02. The number of methoxy groups -OCH3 is 1. The lowest BCUT2D eigenvalue weighted by Crippen LogP contribution is -2.38. The maximum Gasteiger partial charge on any atom is 0.243 e. The molecule has 7 heteroatoms. The van der Waals surface area contributed by atoms with Crippen molar-refractivity contribution in [1.29, 1.82) is 0 Å². The number of nitrogens with one attached hydrogen (secondary N) is 1. The molecular formula is C21H28N2O4S. The number of hydrogen-bond acceptors (Lipinski definition) is 4. The fourth-order valence-electron chi connectivity index (χ4n) is 2.90. The van der Waals surface area contributed by atoms with Gasteiger partial charge in [-0.05, 0) is 42.7 Å². The van der Waals surface area contributed by atoms with E-state index in [-0.39, 0.29) is 18.0 Å². The van der Waals surface area contributed by atoms with Gasteiger partial charge in [0.05, 0.1) is 24.2 Å². The number of sulfonamides is 1. The normalized spacial score (nSPS) is 11.4. The zero-order valence-corrected chi connectivity index (χ0v) is 17.5. The number of aryl methyl sites for hydroxylation is 1. The minimum absolute atomic E-state index is 0.200. The highest BCUT2D eigenvalue weighted by molar-refractivity contribution is 7.89. The van der Waals surface area contributed by atoms with Gasteiger partial charge in [0.2, 0.25) is 15.9 Å². The summed E-state index contributed by atoms with van der Waals surface area (Å²) in [5.41, 5.74) is 1.60. The van der Waals surface area contributed by atoms with E-state index in [0.29, 0.717) is 17.9 Å². The van der Waals surface area contributed by atoms with E-state index in [2.05, 4.69) is 12.2 Å². The molecule has 0 aliphatic rings. The van der Waals surface area contributed by atoms with Crippen molar-refractivity contribution in [3.05, 3.63) is 54.1 Å². The summed E-state index contributed by atoms with van der Waals surface area (Å²) in [6.07, 6.45) is 2.51. The summed E-state index contributed by atoms with van der Waals surface area (Å²) in [6.45, 7) is 3.96. The lowest BCUT2D eigenvalue weighted by atomic mass is 10.1. The van der Waals surface area contributed by atoms with Gasteiger partial charge in [0.25, 0.3) is 0 Å². The Balaban J connectivity index is 2.17.